The zero-order valence-corrected chi connectivity index (χ0v) is 18.2. The van der Waals surface area contributed by atoms with Crippen molar-refractivity contribution in [1.29, 1.82) is 0 Å². The molecule has 168 valence electrons. The van der Waals surface area contributed by atoms with Crippen LogP contribution in [0.2, 0.25) is 0 Å². The summed E-state index contributed by atoms with van der Waals surface area (Å²) in [6.07, 6.45) is 4.24. The minimum atomic E-state index is -0.262. The molecule has 0 spiro atoms. The van der Waals surface area contributed by atoms with Crippen LogP contribution in [0.5, 0.6) is 5.75 Å². The number of aromatic nitrogens is 3. The number of nitrogens with one attached hydrogen (secondary N) is 3. The number of methoxy groups -OCH3 is 1. The molecule has 3 aromatic rings. The van der Waals surface area contributed by atoms with E-state index in [9.17, 15) is 9.18 Å². The van der Waals surface area contributed by atoms with Crippen LogP contribution < -0.4 is 20.9 Å². The predicted octanol–water partition coefficient (Wildman–Crippen LogP) is 2.89. The number of rotatable bonds is 6. The molecule has 2 aliphatic rings. The number of fused-ring (bicyclic) bond motifs is 2. The first-order valence-electron chi connectivity index (χ1n) is 11.0. The Morgan fingerprint density at radius 2 is 2.16 bits per heavy atom. The smallest absolute Gasteiger partial charge is 0.238 e. The van der Waals surface area contributed by atoms with Gasteiger partial charge in [0.05, 0.1) is 18.5 Å². The van der Waals surface area contributed by atoms with Crippen molar-refractivity contribution in [3.05, 3.63) is 47.8 Å². The second-order valence-corrected chi connectivity index (χ2v) is 8.56. The first-order valence-corrected chi connectivity index (χ1v) is 11.0. The molecular weight excluding hydrogens is 411 g/mol. The standard InChI is InChI=1S/C23H27FN6O2/c1-13-9-16-20(32-2)6-5-17(24)22(16)30(13)8-7-25-21-11-18(26-12-27-21)14-3-4-15-19(10-14)28-29-23(15)31/h5-6,9,11-12,14-15,19,28H,3-4,7-8,10H2,1-2H3,(H,29,31)(H,25,26,27). The number of aryl methyl sites for hydroxylation is 1. The van der Waals surface area contributed by atoms with E-state index in [0.717, 1.165) is 41.9 Å². The molecule has 9 heteroatoms. The van der Waals surface area contributed by atoms with Gasteiger partial charge in [0.25, 0.3) is 0 Å². The Kier molecular flexibility index (Phi) is 5.42. The third-order valence-corrected chi connectivity index (χ3v) is 6.71. The fourth-order valence-electron chi connectivity index (χ4n) is 5.06. The van der Waals surface area contributed by atoms with Crippen molar-refractivity contribution in [2.45, 2.75) is 44.7 Å². The number of hydrazine groups is 1. The van der Waals surface area contributed by atoms with E-state index in [0.29, 0.717) is 24.4 Å². The van der Waals surface area contributed by atoms with Crippen LogP contribution in [0.15, 0.2) is 30.6 Å². The van der Waals surface area contributed by atoms with Gasteiger partial charge in [-0.3, -0.25) is 10.2 Å². The largest absolute Gasteiger partial charge is 0.496 e. The maximum Gasteiger partial charge on any atom is 0.238 e. The highest BCUT2D eigenvalue weighted by Gasteiger charge is 2.40. The lowest BCUT2D eigenvalue weighted by Crippen LogP contribution is -2.35. The van der Waals surface area contributed by atoms with E-state index in [2.05, 4.69) is 26.1 Å². The molecule has 3 unspecified atom stereocenters. The van der Waals surface area contributed by atoms with Crippen LogP contribution in [0.1, 0.15) is 36.6 Å². The highest BCUT2D eigenvalue weighted by atomic mass is 19.1. The third kappa shape index (κ3) is 3.66. The zero-order chi connectivity index (χ0) is 22.2. The lowest BCUT2D eigenvalue weighted by Gasteiger charge is -2.29. The van der Waals surface area contributed by atoms with Crippen molar-refractivity contribution in [1.82, 2.24) is 25.4 Å². The second kappa shape index (κ2) is 8.38. The fraction of sp³-hybridized carbons (Fsp3) is 0.435. The summed E-state index contributed by atoms with van der Waals surface area (Å²) in [5.41, 5.74) is 8.36. The fourth-order valence-corrected chi connectivity index (χ4v) is 5.06. The molecule has 2 aromatic heterocycles. The molecule has 3 heterocycles. The minimum Gasteiger partial charge on any atom is -0.496 e. The topological polar surface area (TPSA) is 93.1 Å². The van der Waals surface area contributed by atoms with Crippen LogP contribution in [0.4, 0.5) is 10.2 Å². The van der Waals surface area contributed by atoms with Gasteiger partial charge in [0.1, 0.15) is 23.7 Å². The molecule has 1 aliphatic carbocycles. The Bertz CT molecular complexity index is 1160. The summed E-state index contributed by atoms with van der Waals surface area (Å²) < 4.78 is 21.9. The summed E-state index contributed by atoms with van der Waals surface area (Å²) in [6.45, 7) is 3.14. The van der Waals surface area contributed by atoms with Gasteiger partial charge in [-0.05, 0) is 44.4 Å². The molecule has 5 rings (SSSR count). The van der Waals surface area contributed by atoms with E-state index >= 15 is 0 Å². The van der Waals surface area contributed by atoms with Gasteiger partial charge in [0, 0.05) is 47.9 Å². The van der Waals surface area contributed by atoms with Gasteiger partial charge in [0.15, 0.2) is 0 Å². The molecule has 0 radical (unpaired) electrons. The van der Waals surface area contributed by atoms with Crippen LogP contribution in [-0.4, -0.2) is 40.1 Å². The van der Waals surface area contributed by atoms with Crippen molar-refractivity contribution in [2.24, 2.45) is 5.92 Å². The van der Waals surface area contributed by atoms with Gasteiger partial charge >= 0.3 is 0 Å². The molecule has 1 saturated heterocycles. The SMILES string of the molecule is COc1ccc(F)c2c1cc(C)n2CCNc1cc(C2CCC3C(=O)NNC3C2)ncn1. The highest BCUT2D eigenvalue weighted by Crippen LogP contribution is 2.37. The maximum atomic E-state index is 14.6. The van der Waals surface area contributed by atoms with Crippen molar-refractivity contribution in [3.8, 4) is 5.75 Å². The van der Waals surface area contributed by atoms with Gasteiger partial charge in [-0.15, -0.1) is 0 Å². The number of halogens is 1. The number of nitrogens with zero attached hydrogens (tertiary/aromatic N) is 3. The summed E-state index contributed by atoms with van der Waals surface area (Å²) in [5, 5.41) is 4.12. The Morgan fingerprint density at radius 3 is 3.00 bits per heavy atom. The summed E-state index contributed by atoms with van der Waals surface area (Å²) in [5.74, 6) is 1.60. The summed E-state index contributed by atoms with van der Waals surface area (Å²) in [7, 11) is 1.59. The Labute approximate surface area is 185 Å². The minimum absolute atomic E-state index is 0.0596. The molecule has 1 saturated carbocycles. The predicted molar refractivity (Wildman–Crippen MR) is 119 cm³/mol. The van der Waals surface area contributed by atoms with E-state index in [-0.39, 0.29) is 29.6 Å². The van der Waals surface area contributed by atoms with Gasteiger partial charge in [-0.2, -0.15) is 0 Å². The van der Waals surface area contributed by atoms with E-state index < -0.39 is 0 Å². The number of benzene rings is 1. The molecule has 3 atom stereocenters. The van der Waals surface area contributed by atoms with Gasteiger partial charge in [-0.1, -0.05) is 0 Å². The van der Waals surface area contributed by atoms with Crippen LogP contribution in [0.3, 0.4) is 0 Å². The average molecular weight is 439 g/mol. The van der Waals surface area contributed by atoms with Crippen molar-refractivity contribution in [3.63, 3.8) is 0 Å². The van der Waals surface area contributed by atoms with E-state index in [1.807, 2.05) is 23.6 Å². The Morgan fingerprint density at radius 1 is 1.28 bits per heavy atom. The zero-order valence-electron chi connectivity index (χ0n) is 18.2. The molecule has 2 fully saturated rings. The first kappa shape index (κ1) is 20.7. The number of ether oxygens (including phenoxy) is 1. The van der Waals surface area contributed by atoms with E-state index in [1.165, 1.54) is 6.07 Å². The molecule has 32 heavy (non-hydrogen) atoms. The molecule has 1 amide bonds. The lowest BCUT2D eigenvalue weighted by atomic mass is 9.77. The average Bonchev–Trinajstić information content (AvgIpc) is 3.34. The highest BCUT2D eigenvalue weighted by molar-refractivity contribution is 5.88. The molecule has 3 N–H and O–H groups in total. The van der Waals surface area contributed by atoms with Gasteiger partial charge < -0.3 is 14.6 Å². The van der Waals surface area contributed by atoms with Crippen molar-refractivity contribution in [2.75, 3.05) is 19.0 Å². The Balaban J connectivity index is 1.27. The number of amides is 1. The lowest BCUT2D eigenvalue weighted by molar-refractivity contribution is -0.123. The number of hydrogen-bond donors (Lipinski definition) is 3. The van der Waals surface area contributed by atoms with Gasteiger partial charge in [0.2, 0.25) is 5.91 Å². The quantitative estimate of drug-likeness (QED) is 0.548. The van der Waals surface area contributed by atoms with E-state index in [1.54, 1.807) is 19.5 Å². The van der Waals surface area contributed by atoms with Crippen LogP contribution in [-0.2, 0) is 11.3 Å². The first-order chi connectivity index (χ1) is 15.5. The molecule has 1 aliphatic heterocycles. The summed E-state index contributed by atoms with van der Waals surface area (Å²) in [4.78, 5) is 20.7. The summed E-state index contributed by atoms with van der Waals surface area (Å²) >= 11 is 0. The number of carbonyl (C=O) groups excluding carboxylic acids is 1. The van der Waals surface area contributed by atoms with Gasteiger partial charge in [-0.25, -0.2) is 19.8 Å². The van der Waals surface area contributed by atoms with Crippen molar-refractivity contribution < 1.29 is 13.9 Å². The van der Waals surface area contributed by atoms with Crippen LogP contribution >= 0.6 is 0 Å². The van der Waals surface area contributed by atoms with Crippen LogP contribution in [0.25, 0.3) is 10.9 Å². The maximum absolute atomic E-state index is 14.6. The van der Waals surface area contributed by atoms with E-state index in [4.69, 9.17) is 4.74 Å². The second-order valence-electron chi connectivity index (χ2n) is 8.56. The molecule has 0 bridgehead atoms. The monoisotopic (exact) mass is 438 g/mol. The number of hydrogen-bond acceptors (Lipinski definition) is 6. The van der Waals surface area contributed by atoms with Crippen molar-refractivity contribution >= 4 is 22.6 Å². The molecular formula is C23H27FN6O2. The number of anilines is 1. The summed E-state index contributed by atoms with van der Waals surface area (Å²) in [6, 6.07) is 7.19. The Hall–Kier alpha value is -3.20. The number of carbonyl (C=O) groups is 1. The molecule has 1 aromatic carbocycles. The normalized spacial score (nSPS) is 22.6. The third-order valence-electron chi connectivity index (χ3n) is 6.71. The molecule has 8 nitrogen and oxygen atoms in total. The van der Waals surface area contributed by atoms with Crippen LogP contribution in [0, 0.1) is 18.7 Å².